The number of carbonyl (C=O) groups is 4. The molecule has 0 heterocycles. The number of carbonyl (C=O) groups excluding carboxylic acids is 4. The highest BCUT2D eigenvalue weighted by molar-refractivity contribution is 5.92. The predicted molar refractivity (Wildman–Crippen MR) is 155 cm³/mol. The first-order valence-electron chi connectivity index (χ1n) is 15.4. The van der Waals surface area contributed by atoms with Gasteiger partial charge in [0.1, 0.15) is 5.60 Å². The van der Waals surface area contributed by atoms with Gasteiger partial charge in [0.2, 0.25) is 11.7 Å². The zero-order valence-electron chi connectivity index (χ0n) is 24.9. The molecule has 3 fully saturated rings. The molecule has 43 heavy (non-hydrogen) atoms. The van der Waals surface area contributed by atoms with Crippen LogP contribution in [0.4, 0.5) is 0 Å². The fraction of sp³-hybridized carbons (Fsp3) is 0.636. The van der Waals surface area contributed by atoms with Crippen molar-refractivity contribution >= 4 is 23.4 Å². The molecule has 0 bridgehead atoms. The number of amides is 1. The molecule has 234 valence electrons. The van der Waals surface area contributed by atoms with E-state index in [0.29, 0.717) is 25.7 Å². The summed E-state index contributed by atoms with van der Waals surface area (Å²) in [5, 5.41) is 44.9. The van der Waals surface area contributed by atoms with Crippen molar-refractivity contribution in [2.75, 3.05) is 13.2 Å². The zero-order valence-corrected chi connectivity index (χ0v) is 24.9. The molecule has 5 rings (SSSR count). The van der Waals surface area contributed by atoms with Crippen LogP contribution in [0.15, 0.2) is 29.8 Å². The van der Waals surface area contributed by atoms with E-state index < -0.39 is 35.5 Å². The Morgan fingerprint density at radius 1 is 1.05 bits per heavy atom. The van der Waals surface area contributed by atoms with Gasteiger partial charge in [0.25, 0.3) is 0 Å². The number of aliphatic hydroxyl groups excluding tert-OH is 1. The number of benzene rings is 1. The highest BCUT2D eigenvalue weighted by Gasteiger charge is 2.68. The van der Waals surface area contributed by atoms with Crippen LogP contribution in [0.25, 0.3) is 0 Å². The Hall–Kier alpha value is -3.24. The number of hydrogen-bond donors (Lipinski definition) is 5. The summed E-state index contributed by atoms with van der Waals surface area (Å²) in [6.45, 7) is 3.71. The Labute approximate surface area is 251 Å². The van der Waals surface area contributed by atoms with Crippen molar-refractivity contribution < 1.29 is 44.3 Å². The second-order valence-corrected chi connectivity index (χ2v) is 13.5. The summed E-state index contributed by atoms with van der Waals surface area (Å²) in [7, 11) is 0. The van der Waals surface area contributed by atoms with E-state index in [1.54, 1.807) is 12.1 Å². The van der Waals surface area contributed by atoms with Gasteiger partial charge in [-0.15, -0.1) is 0 Å². The molecule has 4 aliphatic rings. The topological polar surface area (TPSA) is 170 Å². The number of aliphatic hydroxyl groups is 2. The van der Waals surface area contributed by atoms with E-state index in [9.17, 15) is 39.6 Å². The SMILES string of the molecule is C[C@]12CCC(=O)C=C1CC[C@H]1[C@@H]2[C@@H](O)C[C@]2(C)[C@H]1CC[C@]2(O)C(=O)COC(=O)CCC(=O)NCCc1ccc(O)c(O)c1. The third kappa shape index (κ3) is 5.59. The number of hydrogen-bond acceptors (Lipinski definition) is 9. The van der Waals surface area contributed by atoms with Gasteiger partial charge in [0, 0.05) is 24.8 Å². The zero-order chi connectivity index (χ0) is 31.2. The van der Waals surface area contributed by atoms with Crippen LogP contribution in [0.1, 0.15) is 77.2 Å². The van der Waals surface area contributed by atoms with E-state index in [-0.39, 0.29) is 78.6 Å². The molecule has 0 aliphatic heterocycles. The Morgan fingerprint density at radius 3 is 2.56 bits per heavy atom. The number of Topliss-reactive ketones (excluding diaryl/α,β-unsaturated/α-hetero) is 1. The number of ether oxygens (including phenoxy) is 1. The largest absolute Gasteiger partial charge is 0.504 e. The molecular formula is C33H43NO9. The minimum absolute atomic E-state index is 0.0239. The Kier molecular flexibility index (Phi) is 8.48. The lowest BCUT2D eigenvalue weighted by molar-refractivity contribution is -0.184. The highest BCUT2D eigenvalue weighted by Crippen LogP contribution is 2.67. The van der Waals surface area contributed by atoms with Crippen LogP contribution in [-0.2, 0) is 30.3 Å². The number of fused-ring (bicyclic) bond motifs is 5. The monoisotopic (exact) mass is 597 g/mol. The number of phenolic OH excluding ortho intramolecular Hbond substituents is 2. The first-order chi connectivity index (χ1) is 20.3. The second kappa shape index (κ2) is 11.7. The molecule has 0 radical (unpaired) electrons. The van der Waals surface area contributed by atoms with Crippen molar-refractivity contribution in [3.63, 3.8) is 0 Å². The maximum Gasteiger partial charge on any atom is 0.306 e. The van der Waals surface area contributed by atoms with E-state index >= 15 is 0 Å². The Morgan fingerprint density at radius 2 is 1.81 bits per heavy atom. The average Bonchev–Trinajstić information content (AvgIpc) is 3.23. The number of rotatable bonds is 9. The molecular weight excluding hydrogens is 554 g/mol. The lowest BCUT2D eigenvalue weighted by Crippen LogP contribution is -2.62. The fourth-order valence-electron chi connectivity index (χ4n) is 8.86. The molecule has 0 saturated heterocycles. The number of allylic oxidation sites excluding steroid dienone is 1. The normalized spacial score (nSPS) is 34.8. The Bertz CT molecular complexity index is 1340. The predicted octanol–water partition coefficient (Wildman–Crippen LogP) is 2.88. The lowest BCUT2D eigenvalue weighted by Gasteiger charge is -2.60. The molecule has 5 N–H and O–H groups in total. The summed E-state index contributed by atoms with van der Waals surface area (Å²) in [6, 6.07) is 4.40. The van der Waals surface area contributed by atoms with Crippen LogP contribution in [0.3, 0.4) is 0 Å². The molecule has 7 atom stereocenters. The minimum atomic E-state index is -1.73. The quantitative estimate of drug-likeness (QED) is 0.212. The van der Waals surface area contributed by atoms with Crippen LogP contribution in [-0.4, -0.2) is 68.7 Å². The molecule has 0 aromatic heterocycles. The first-order valence-corrected chi connectivity index (χ1v) is 15.4. The second-order valence-electron chi connectivity index (χ2n) is 13.5. The Balaban J connectivity index is 1.13. The van der Waals surface area contributed by atoms with E-state index in [2.05, 4.69) is 12.2 Å². The molecule has 1 aromatic rings. The van der Waals surface area contributed by atoms with Crippen molar-refractivity contribution in [2.24, 2.45) is 28.6 Å². The number of aromatic hydroxyl groups is 2. The molecule has 0 unspecified atom stereocenters. The fourth-order valence-corrected chi connectivity index (χ4v) is 8.86. The molecule has 0 spiro atoms. The third-order valence-corrected chi connectivity index (χ3v) is 11.2. The minimum Gasteiger partial charge on any atom is -0.504 e. The highest BCUT2D eigenvalue weighted by atomic mass is 16.5. The van der Waals surface area contributed by atoms with Crippen LogP contribution >= 0.6 is 0 Å². The summed E-state index contributed by atoms with van der Waals surface area (Å²) in [5.41, 5.74) is -1.02. The smallest absolute Gasteiger partial charge is 0.306 e. The number of nitrogens with one attached hydrogen (secondary N) is 1. The molecule has 3 saturated carbocycles. The van der Waals surface area contributed by atoms with Gasteiger partial charge in [-0.05, 0) is 91.9 Å². The number of phenols is 2. The van der Waals surface area contributed by atoms with Gasteiger partial charge >= 0.3 is 5.97 Å². The van der Waals surface area contributed by atoms with E-state index in [1.165, 1.54) is 12.1 Å². The van der Waals surface area contributed by atoms with Gasteiger partial charge in [-0.2, -0.15) is 0 Å². The van der Waals surface area contributed by atoms with Gasteiger partial charge < -0.3 is 30.5 Å². The van der Waals surface area contributed by atoms with Gasteiger partial charge in [-0.1, -0.05) is 25.5 Å². The van der Waals surface area contributed by atoms with Crippen molar-refractivity contribution in [2.45, 2.75) is 89.8 Å². The maximum atomic E-state index is 13.4. The van der Waals surface area contributed by atoms with Gasteiger partial charge in [-0.25, -0.2) is 0 Å². The molecule has 4 aliphatic carbocycles. The molecule has 1 amide bonds. The van der Waals surface area contributed by atoms with Crippen molar-refractivity contribution in [1.29, 1.82) is 0 Å². The number of esters is 1. The standard InChI is InChI=1S/C33H43NO9/c1-31-12-9-21(35)16-20(31)4-5-22-23-10-13-33(42,32(23,2)17-26(38)30(22)31)27(39)18-43-29(41)8-7-28(40)34-14-11-19-3-6-24(36)25(37)15-19/h3,6,15-16,22-23,26,30,36-38,42H,4-5,7-14,17-18H2,1-2H3,(H,34,40)/t22-,23+,26+,30-,31+,32-,33+/m1/s1. The van der Waals surface area contributed by atoms with Gasteiger partial charge in [-0.3, -0.25) is 19.2 Å². The summed E-state index contributed by atoms with van der Waals surface area (Å²) in [5.74, 6) is -1.88. The van der Waals surface area contributed by atoms with Crippen molar-refractivity contribution in [3.05, 3.63) is 35.4 Å². The third-order valence-electron chi connectivity index (χ3n) is 11.2. The molecule has 1 aromatic carbocycles. The summed E-state index contributed by atoms with van der Waals surface area (Å²) < 4.78 is 5.20. The average molecular weight is 598 g/mol. The van der Waals surface area contributed by atoms with E-state index in [4.69, 9.17) is 4.74 Å². The van der Waals surface area contributed by atoms with Crippen molar-refractivity contribution in [1.82, 2.24) is 5.32 Å². The van der Waals surface area contributed by atoms with Crippen molar-refractivity contribution in [3.8, 4) is 11.5 Å². The first kappa shape index (κ1) is 31.2. The summed E-state index contributed by atoms with van der Waals surface area (Å²) >= 11 is 0. The maximum absolute atomic E-state index is 13.4. The van der Waals surface area contributed by atoms with Crippen LogP contribution in [0, 0.1) is 28.6 Å². The van der Waals surface area contributed by atoms with Crippen LogP contribution in [0.5, 0.6) is 11.5 Å². The summed E-state index contributed by atoms with van der Waals surface area (Å²) in [6.07, 6.45) is 5.00. The number of ketones is 2. The van der Waals surface area contributed by atoms with Gasteiger partial charge in [0.15, 0.2) is 23.9 Å². The molecule has 10 nitrogen and oxygen atoms in total. The van der Waals surface area contributed by atoms with Crippen LogP contribution in [0.2, 0.25) is 0 Å². The van der Waals surface area contributed by atoms with E-state index in [1.807, 2.05) is 6.92 Å². The van der Waals surface area contributed by atoms with Gasteiger partial charge in [0.05, 0.1) is 12.5 Å². The van der Waals surface area contributed by atoms with Crippen LogP contribution < -0.4 is 5.32 Å². The molecule has 10 heteroatoms. The summed E-state index contributed by atoms with van der Waals surface area (Å²) in [4.78, 5) is 50.1. The lowest BCUT2D eigenvalue weighted by atomic mass is 9.45. The van der Waals surface area contributed by atoms with E-state index in [0.717, 1.165) is 24.0 Å².